The van der Waals surface area contributed by atoms with Crippen LogP contribution in [-0.4, -0.2) is 0 Å². The highest BCUT2D eigenvalue weighted by Crippen LogP contribution is 2.29. The maximum atomic E-state index is 9.25. The number of hydrogen-bond acceptors (Lipinski definition) is 1. The fourth-order valence-corrected chi connectivity index (χ4v) is 2.06. The number of nitriles is 1. The Bertz CT molecular complexity index is 349. The molecule has 0 aliphatic rings. The number of hydrogen-bond donors (Lipinski definition) is 0. The minimum Gasteiger partial charge on any atom is -0.198 e. The Morgan fingerprint density at radius 2 is 2.00 bits per heavy atom. The van der Waals surface area contributed by atoms with E-state index in [9.17, 15) is 5.26 Å². The normalized spacial score (nSPS) is 14.3. The maximum absolute atomic E-state index is 9.25. The Morgan fingerprint density at radius 1 is 1.33 bits per heavy atom. The molecule has 1 aromatic rings. The van der Waals surface area contributed by atoms with E-state index >= 15 is 0 Å². The molecule has 80 valence electrons. The largest absolute Gasteiger partial charge is 0.198 e. The summed E-state index contributed by atoms with van der Waals surface area (Å²) in [6, 6.07) is 10.6. The highest BCUT2D eigenvalue weighted by molar-refractivity contribution is 5.33. The van der Waals surface area contributed by atoms with Crippen molar-refractivity contribution in [1.82, 2.24) is 0 Å². The van der Waals surface area contributed by atoms with Gasteiger partial charge in [-0.05, 0) is 30.4 Å². The summed E-state index contributed by atoms with van der Waals surface area (Å²) in [5, 5.41) is 9.25. The van der Waals surface area contributed by atoms with Gasteiger partial charge in [0, 0.05) is 0 Å². The molecule has 0 bridgehead atoms. The lowest BCUT2D eigenvalue weighted by atomic mass is 9.84. The lowest BCUT2D eigenvalue weighted by molar-refractivity contribution is 0.482. The molecule has 1 nitrogen and oxygen atoms in total. The van der Waals surface area contributed by atoms with E-state index < -0.39 is 0 Å². The van der Waals surface area contributed by atoms with Crippen molar-refractivity contribution in [2.24, 2.45) is 5.92 Å². The first-order chi connectivity index (χ1) is 7.20. The third-order valence-corrected chi connectivity index (χ3v) is 2.98. The molecule has 0 aliphatic carbocycles. The van der Waals surface area contributed by atoms with Gasteiger partial charge in [0.15, 0.2) is 0 Å². The summed E-state index contributed by atoms with van der Waals surface area (Å²) in [4.78, 5) is 0. The molecule has 2 unspecified atom stereocenters. The average Bonchev–Trinajstić information content (AvgIpc) is 2.22. The van der Waals surface area contributed by atoms with Gasteiger partial charge >= 0.3 is 0 Å². The summed E-state index contributed by atoms with van der Waals surface area (Å²) < 4.78 is 0. The van der Waals surface area contributed by atoms with Crippen molar-refractivity contribution in [2.75, 3.05) is 0 Å². The van der Waals surface area contributed by atoms with Crippen LogP contribution < -0.4 is 0 Å². The first kappa shape index (κ1) is 11.8. The highest BCUT2D eigenvalue weighted by Gasteiger charge is 2.19. The first-order valence-electron chi connectivity index (χ1n) is 5.65. The number of aryl methyl sites for hydroxylation is 1. The van der Waals surface area contributed by atoms with Crippen molar-refractivity contribution in [1.29, 1.82) is 5.26 Å². The number of nitrogens with zero attached hydrogens (tertiary/aromatic N) is 1. The molecule has 1 rings (SSSR count). The quantitative estimate of drug-likeness (QED) is 0.721. The second kappa shape index (κ2) is 5.56. The van der Waals surface area contributed by atoms with Crippen molar-refractivity contribution in [3.63, 3.8) is 0 Å². The van der Waals surface area contributed by atoms with E-state index in [2.05, 4.69) is 39.0 Å². The zero-order valence-electron chi connectivity index (χ0n) is 9.83. The minimum atomic E-state index is 0.0474. The Morgan fingerprint density at radius 3 is 2.53 bits per heavy atom. The molecular formula is C14H19N. The predicted molar refractivity (Wildman–Crippen MR) is 63.6 cm³/mol. The summed E-state index contributed by atoms with van der Waals surface area (Å²) in [6.07, 6.45) is 2.26. The molecule has 0 saturated heterocycles. The molecule has 0 heterocycles. The van der Waals surface area contributed by atoms with E-state index in [4.69, 9.17) is 0 Å². The van der Waals surface area contributed by atoms with Crippen molar-refractivity contribution < 1.29 is 0 Å². The molecule has 0 N–H and O–H groups in total. The molecule has 0 fully saturated rings. The molecule has 0 aliphatic heterocycles. The van der Waals surface area contributed by atoms with Gasteiger partial charge in [-0.15, -0.1) is 0 Å². The topological polar surface area (TPSA) is 23.8 Å². The Balaban J connectivity index is 2.94. The van der Waals surface area contributed by atoms with Gasteiger partial charge in [-0.1, -0.05) is 44.5 Å². The van der Waals surface area contributed by atoms with Crippen LogP contribution in [0.5, 0.6) is 0 Å². The fourth-order valence-electron chi connectivity index (χ4n) is 2.06. The highest BCUT2D eigenvalue weighted by atomic mass is 14.3. The van der Waals surface area contributed by atoms with Crippen LogP contribution in [0.1, 0.15) is 43.7 Å². The van der Waals surface area contributed by atoms with Gasteiger partial charge in [-0.25, -0.2) is 0 Å². The molecule has 1 aromatic carbocycles. The molecule has 0 radical (unpaired) electrons. The average molecular weight is 201 g/mol. The van der Waals surface area contributed by atoms with Gasteiger partial charge in [0.2, 0.25) is 0 Å². The van der Waals surface area contributed by atoms with E-state index in [1.54, 1.807) is 0 Å². The fraction of sp³-hybridized carbons (Fsp3) is 0.500. The molecular weight excluding hydrogens is 182 g/mol. The molecule has 0 aromatic heterocycles. The number of rotatable bonds is 4. The molecule has 15 heavy (non-hydrogen) atoms. The van der Waals surface area contributed by atoms with Gasteiger partial charge in [0.25, 0.3) is 0 Å². The van der Waals surface area contributed by atoms with Gasteiger partial charge in [0.05, 0.1) is 12.0 Å². The van der Waals surface area contributed by atoms with Crippen LogP contribution in [0, 0.1) is 24.2 Å². The SMILES string of the molecule is CCCC(C)C(C#N)c1ccccc1C. The summed E-state index contributed by atoms with van der Waals surface area (Å²) in [7, 11) is 0. The van der Waals surface area contributed by atoms with Crippen LogP contribution in [0.15, 0.2) is 24.3 Å². The predicted octanol–water partition coefficient (Wildman–Crippen LogP) is 4.04. The van der Waals surface area contributed by atoms with Crippen LogP contribution in [0.2, 0.25) is 0 Å². The van der Waals surface area contributed by atoms with E-state index in [0.717, 1.165) is 12.8 Å². The van der Waals surface area contributed by atoms with Gasteiger partial charge in [-0.3, -0.25) is 0 Å². The third kappa shape index (κ3) is 2.83. The molecule has 0 spiro atoms. The molecule has 0 amide bonds. The smallest absolute Gasteiger partial charge is 0.0740 e. The van der Waals surface area contributed by atoms with Crippen LogP contribution in [-0.2, 0) is 0 Å². The Kier molecular flexibility index (Phi) is 4.37. The van der Waals surface area contributed by atoms with E-state index in [1.807, 2.05) is 12.1 Å². The second-order valence-electron chi connectivity index (χ2n) is 4.23. The van der Waals surface area contributed by atoms with Crippen LogP contribution >= 0.6 is 0 Å². The van der Waals surface area contributed by atoms with Crippen LogP contribution in [0.25, 0.3) is 0 Å². The molecule has 1 heteroatoms. The van der Waals surface area contributed by atoms with Crippen molar-refractivity contribution in [2.45, 2.75) is 39.5 Å². The number of benzene rings is 1. The standard InChI is InChI=1S/C14H19N/c1-4-7-11(2)14(10-15)13-9-6-5-8-12(13)3/h5-6,8-9,11,14H,4,7H2,1-3H3. The molecule has 2 atom stereocenters. The van der Waals surface area contributed by atoms with Crippen molar-refractivity contribution in [3.05, 3.63) is 35.4 Å². The Labute approximate surface area is 92.7 Å². The summed E-state index contributed by atoms with van der Waals surface area (Å²) >= 11 is 0. The zero-order valence-corrected chi connectivity index (χ0v) is 9.83. The summed E-state index contributed by atoms with van der Waals surface area (Å²) in [5.41, 5.74) is 2.42. The summed E-state index contributed by atoms with van der Waals surface area (Å²) in [6.45, 7) is 6.42. The van der Waals surface area contributed by atoms with E-state index in [1.165, 1.54) is 11.1 Å². The first-order valence-corrected chi connectivity index (χ1v) is 5.65. The third-order valence-electron chi connectivity index (χ3n) is 2.98. The lowest BCUT2D eigenvalue weighted by Gasteiger charge is -2.18. The molecule has 0 saturated carbocycles. The minimum absolute atomic E-state index is 0.0474. The van der Waals surface area contributed by atoms with Gasteiger partial charge in [0.1, 0.15) is 0 Å². The summed E-state index contributed by atoms with van der Waals surface area (Å²) in [5.74, 6) is 0.493. The van der Waals surface area contributed by atoms with Gasteiger partial charge < -0.3 is 0 Å². The zero-order chi connectivity index (χ0) is 11.3. The van der Waals surface area contributed by atoms with Crippen LogP contribution in [0.4, 0.5) is 0 Å². The van der Waals surface area contributed by atoms with Crippen molar-refractivity contribution >= 4 is 0 Å². The van der Waals surface area contributed by atoms with Crippen molar-refractivity contribution in [3.8, 4) is 6.07 Å². The monoisotopic (exact) mass is 201 g/mol. The van der Waals surface area contributed by atoms with E-state index in [-0.39, 0.29) is 5.92 Å². The Hall–Kier alpha value is -1.29. The van der Waals surface area contributed by atoms with Gasteiger partial charge in [-0.2, -0.15) is 5.26 Å². The van der Waals surface area contributed by atoms with Crippen LogP contribution in [0.3, 0.4) is 0 Å². The second-order valence-corrected chi connectivity index (χ2v) is 4.23. The lowest BCUT2D eigenvalue weighted by Crippen LogP contribution is -2.09. The van der Waals surface area contributed by atoms with E-state index in [0.29, 0.717) is 5.92 Å². The maximum Gasteiger partial charge on any atom is 0.0740 e.